The maximum atomic E-state index is 13.3. The van der Waals surface area contributed by atoms with E-state index in [4.69, 9.17) is 5.73 Å². The predicted molar refractivity (Wildman–Crippen MR) is 59.3 cm³/mol. The number of halogens is 5. The van der Waals surface area contributed by atoms with Crippen LogP contribution < -0.4 is 11.1 Å². The second kappa shape index (κ2) is 6.62. The normalized spacial score (nSPS) is 12.3. The van der Waals surface area contributed by atoms with Crippen LogP contribution in [-0.2, 0) is 9.53 Å². The van der Waals surface area contributed by atoms with Gasteiger partial charge in [-0.15, -0.1) is 0 Å². The van der Waals surface area contributed by atoms with E-state index in [0.717, 1.165) is 0 Å². The lowest BCUT2D eigenvalue weighted by Gasteiger charge is -2.13. The van der Waals surface area contributed by atoms with E-state index in [1.807, 2.05) is 0 Å². The fourth-order valence-electron chi connectivity index (χ4n) is 1.31. The molecule has 0 heterocycles. The summed E-state index contributed by atoms with van der Waals surface area (Å²) in [5, 5.41) is 1.58. The van der Waals surface area contributed by atoms with Crippen LogP contribution in [0.15, 0.2) is 0 Å². The average Bonchev–Trinajstić information content (AvgIpc) is 2.44. The van der Waals surface area contributed by atoms with Gasteiger partial charge in [-0.2, -0.15) is 0 Å². The zero-order valence-electron chi connectivity index (χ0n) is 10.3. The minimum Gasteiger partial charge on any atom is -0.385 e. The number of anilines is 1. The van der Waals surface area contributed by atoms with E-state index in [-0.39, 0.29) is 13.0 Å². The van der Waals surface area contributed by atoms with E-state index in [1.165, 1.54) is 7.11 Å². The molecule has 0 radical (unpaired) electrons. The van der Waals surface area contributed by atoms with Crippen LogP contribution in [0, 0.1) is 29.1 Å². The van der Waals surface area contributed by atoms with Crippen molar-refractivity contribution >= 4 is 11.6 Å². The Kier molecular flexibility index (Phi) is 5.40. The topological polar surface area (TPSA) is 64.3 Å². The van der Waals surface area contributed by atoms with E-state index in [1.54, 1.807) is 5.32 Å². The highest BCUT2D eigenvalue weighted by Gasteiger charge is 2.27. The summed E-state index contributed by atoms with van der Waals surface area (Å²) >= 11 is 0. The van der Waals surface area contributed by atoms with Gasteiger partial charge in [0.2, 0.25) is 11.7 Å². The maximum absolute atomic E-state index is 13.3. The molecule has 0 saturated carbocycles. The first-order chi connectivity index (χ1) is 9.31. The fraction of sp³-hybridized carbons (Fsp3) is 0.364. The van der Waals surface area contributed by atoms with Crippen LogP contribution in [0.25, 0.3) is 0 Å². The molecule has 0 fully saturated rings. The number of amides is 1. The summed E-state index contributed by atoms with van der Waals surface area (Å²) < 4.78 is 69.8. The van der Waals surface area contributed by atoms with Crippen LogP contribution in [0.3, 0.4) is 0 Å². The Morgan fingerprint density at radius 3 is 2.00 bits per heavy atom. The molecule has 1 aromatic rings. The Labute approximate surface area is 110 Å². The summed E-state index contributed by atoms with van der Waals surface area (Å²) in [7, 11) is 1.34. The van der Waals surface area contributed by atoms with Gasteiger partial charge in [-0.05, 0) is 6.42 Å². The number of methoxy groups -OCH3 is 1. The second-order valence-electron chi connectivity index (χ2n) is 3.82. The van der Waals surface area contributed by atoms with Crippen molar-refractivity contribution in [1.29, 1.82) is 0 Å². The highest BCUT2D eigenvalue weighted by Crippen LogP contribution is 2.27. The largest absolute Gasteiger partial charge is 0.385 e. The molecular weight excluding hydrogens is 287 g/mol. The number of hydrogen-bond donors (Lipinski definition) is 2. The third-order valence-electron chi connectivity index (χ3n) is 2.43. The quantitative estimate of drug-likeness (QED) is 0.494. The predicted octanol–water partition coefficient (Wildman–Crippen LogP) is 1.68. The van der Waals surface area contributed by atoms with Crippen molar-refractivity contribution in [2.24, 2.45) is 5.73 Å². The number of nitrogens with two attached hydrogens (primary N) is 1. The third-order valence-corrected chi connectivity index (χ3v) is 2.43. The zero-order chi connectivity index (χ0) is 15.4. The van der Waals surface area contributed by atoms with Gasteiger partial charge >= 0.3 is 0 Å². The highest BCUT2D eigenvalue weighted by molar-refractivity contribution is 5.94. The van der Waals surface area contributed by atoms with Crippen molar-refractivity contribution in [1.82, 2.24) is 0 Å². The first-order valence-corrected chi connectivity index (χ1v) is 5.38. The van der Waals surface area contributed by atoms with Crippen molar-refractivity contribution in [2.75, 3.05) is 19.0 Å². The van der Waals surface area contributed by atoms with Crippen LogP contribution in [0.5, 0.6) is 0 Å². The molecule has 20 heavy (non-hydrogen) atoms. The van der Waals surface area contributed by atoms with Crippen LogP contribution in [0.4, 0.5) is 27.6 Å². The molecule has 0 saturated heterocycles. The summed E-state index contributed by atoms with van der Waals surface area (Å²) in [5.41, 5.74) is 3.93. The molecular formula is C11H11F5N2O2. The van der Waals surface area contributed by atoms with Gasteiger partial charge in [0.25, 0.3) is 0 Å². The third kappa shape index (κ3) is 3.23. The Balaban J connectivity index is 3.01. The summed E-state index contributed by atoms with van der Waals surface area (Å²) in [5.74, 6) is -12.0. The Morgan fingerprint density at radius 1 is 1.10 bits per heavy atom. The molecule has 0 aliphatic heterocycles. The number of carbonyl (C=O) groups is 1. The molecule has 3 N–H and O–H groups in total. The van der Waals surface area contributed by atoms with E-state index in [2.05, 4.69) is 4.74 Å². The van der Waals surface area contributed by atoms with Crippen LogP contribution in [0.1, 0.15) is 6.42 Å². The molecule has 0 aromatic heterocycles. The van der Waals surface area contributed by atoms with Gasteiger partial charge in [0.05, 0.1) is 6.04 Å². The van der Waals surface area contributed by atoms with Gasteiger partial charge < -0.3 is 15.8 Å². The van der Waals surface area contributed by atoms with E-state index in [0.29, 0.717) is 0 Å². The molecule has 9 heteroatoms. The lowest BCUT2D eigenvalue weighted by Crippen LogP contribution is -2.37. The Hall–Kier alpha value is -1.74. The van der Waals surface area contributed by atoms with Crippen LogP contribution >= 0.6 is 0 Å². The molecule has 1 unspecified atom stereocenters. The smallest absolute Gasteiger partial charge is 0.241 e. The van der Waals surface area contributed by atoms with Crippen LogP contribution in [0.2, 0.25) is 0 Å². The molecule has 0 spiro atoms. The standard InChI is InChI=1S/C11H11F5N2O2/c1-20-3-2-4(17)11(19)18-10-8(15)6(13)5(12)7(14)9(10)16/h4H,2-3,17H2,1H3,(H,18,19). The summed E-state index contributed by atoms with van der Waals surface area (Å²) in [6.07, 6.45) is 0.0116. The Morgan fingerprint density at radius 2 is 1.55 bits per heavy atom. The molecule has 1 amide bonds. The van der Waals surface area contributed by atoms with Crippen molar-refractivity contribution < 1.29 is 31.5 Å². The fourth-order valence-corrected chi connectivity index (χ4v) is 1.31. The first-order valence-electron chi connectivity index (χ1n) is 5.38. The van der Waals surface area contributed by atoms with Crippen molar-refractivity contribution in [3.8, 4) is 0 Å². The highest BCUT2D eigenvalue weighted by atomic mass is 19.2. The van der Waals surface area contributed by atoms with Gasteiger partial charge in [-0.25, -0.2) is 22.0 Å². The van der Waals surface area contributed by atoms with Crippen molar-refractivity contribution in [2.45, 2.75) is 12.5 Å². The molecule has 1 atom stereocenters. The molecule has 0 aliphatic carbocycles. The number of ether oxygens (including phenoxy) is 1. The minimum absolute atomic E-state index is 0.0116. The van der Waals surface area contributed by atoms with Gasteiger partial charge in [-0.1, -0.05) is 0 Å². The van der Waals surface area contributed by atoms with Gasteiger partial charge in [0.1, 0.15) is 5.69 Å². The molecule has 0 bridgehead atoms. The second-order valence-corrected chi connectivity index (χ2v) is 3.82. The van der Waals surface area contributed by atoms with E-state index < -0.39 is 46.7 Å². The van der Waals surface area contributed by atoms with Gasteiger partial charge in [0.15, 0.2) is 23.3 Å². The summed E-state index contributed by atoms with van der Waals surface area (Å²) in [6.45, 7) is 0.0890. The van der Waals surface area contributed by atoms with Crippen LogP contribution in [-0.4, -0.2) is 25.7 Å². The van der Waals surface area contributed by atoms with Crippen molar-refractivity contribution in [3.05, 3.63) is 29.1 Å². The molecule has 1 aromatic carbocycles. The minimum atomic E-state index is -2.30. The molecule has 0 aliphatic rings. The molecule has 4 nitrogen and oxygen atoms in total. The number of rotatable bonds is 5. The lowest BCUT2D eigenvalue weighted by molar-refractivity contribution is -0.117. The van der Waals surface area contributed by atoms with Gasteiger partial charge in [0, 0.05) is 13.7 Å². The van der Waals surface area contributed by atoms with Gasteiger partial charge in [-0.3, -0.25) is 4.79 Å². The van der Waals surface area contributed by atoms with E-state index >= 15 is 0 Å². The molecule has 112 valence electrons. The summed E-state index contributed by atoms with van der Waals surface area (Å²) in [6, 6.07) is -1.22. The van der Waals surface area contributed by atoms with Crippen molar-refractivity contribution in [3.63, 3.8) is 0 Å². The maximum Gasteiger partial charge on any atom is 0.241 e. The Bertz CT molecular complexity index is 495. The molecule has 1 rings (SSSR count). The zero-order valence-corrected chi connectivity index (χ0v) is 10.3. The first kappa shape index (κ1) is 16.3. The lowest BCUT2D eigenvalue weighted by atomic mass is 10.2. The summed E-state index contributed by atoms with van der Waals surface area (Å²) in [4.78, 5) is 11.5. The number of carbonyl (C=O) groups excluding carboxylic acids is 1. The SMILES string of the molecule is COCCC(N)C(=O)Nc1c(F)c(F)c(F)c(F)c1F. The number of benzene rings is 1. The van der Waals surface area contributed by atoms with E-state index in [9.17, 15) is 26.7 Å². The monoisotopic (exact) mass is 298 g/mol. The average molecular weight is 298 g/mol. The number of nitrogens with one attached hydrogen (secondary N) is 1. The number of hydrogen-bond acceptors (Lipinski definition) is 3.